The second-order valence-corrected chi connectivity index (χ2v) is 7.06. The van der Waals surface area contributed by atoms with Crippen LogP contribution in [0, 0.1) is 0 Å². The van der Waals surface area contributed by atoms with Crippen LogP contribution in [0.15, 0.2) is 83.7 Å². The van der Waals surface area contributed by atoms with Crippen LogP contribution in [0.25, 0.3) is 32.2 Å². The molecule has 5 rings (SSSR count). The molecule has 0 radical (unpaired) electrons. The van der Waals surface area contributed by atoms with Crippen molar-refractivity contribution in [2.75, 3.05) is 5.43 Å². The molecule has 0 aliphatic carbocycles. The zero-order valence-electron chi connectivity index (χ0n) is 14.8. The van der Waals surface area contributed by atoms with Crippen molar-refractivity contribution < 1.29 is 0 Å². The number of rotatable bonds is 4. The van der Waals surface area contributed by atoms with Gasteiger partial charge in [0.1, 0.15) is 11.2 Å². The van der Waals surface area contributed by atoms with Gasteiger partial charge in [-0.25, -0.2) is 9.97 Å². The molecule has 3 heterocycles. The van der Waals surface area contributed by atoms with Crippen molar-refractivity contribution in [1.82, 2.24) is 15.0 Å². The van der Waals surface area contributed by atoms with Crippen molar-refractivity contribution in [2.24, 2.45) is 5.10 Å². The normalized spacial score (nSPS) is 11.4. The van der Waals surface area contributed by atoms with Crippen LogP contribution in [0.5, 0.6) is 0 Å². The van der Waals surface area contributed by atoms with Crippen LogP contribution in [-0.4, -0.2) is 21.2 Å². The molecule has 0 unspecified atom stereocenters. The number of para-hydroxylation sites is 1. The minimum absolute atomic E-state index is 0.694. The number of nitrogens with one attached hydrogen (secondary N) is 1. The number of thiophene rings is 1. The van der Waals surface area contributed by atoms with Crippen LogP contribution < -0.4 is 5.43 Å². The zero-order valence-corrected chi connectivity index (χ0v) is 15.6. The predicted molar refractivity (Wildman–Crippen MR) is 116 cm³/mol. The molecule has 0 fully saturated rings. The first kappa shape index (κ1) is 16.5. The number of hydrazone groups is 1. The number of nitrogens with zero attached hydrogens (tertiary/aromatic N) is 4. The smallest absolute Gasteiger partial charge is 0.159 e. The molecule has 2 aromatic carbocycles. The standard InChI is InChI=1S/C22H15N5S/c1-2-6-15(7-3-1)18-13-28-22-20(18)21(24-14-25-22)27-26-12-16-10-11-23-19-9-5-4-8-17(16)19/h1-14H,(H,24,25,27)/b26-12+. The summed E-state index contributed by atoms with van der Waals surface area (Å²) in [5.74, 6) is 0.694. The Labute approximate surface area is 165 Å². The number of anilines is 1. The fraction of sp³-hybridized carbons (Fsp3) is 0. The number of fused-ring (bicyclic) bond motifs is 2. The molecule has 5 aromatic rings. The monoisotopic (exact) mass is 381 g/mol. The lowest BCUT2D eigenvalue weighted by Crippen LogP contribution is -1.96. The van der Waals surface area contributed by atoms with Gasteiger partial charge in [0.05, 0.1) is 17.1 Å². The molecule has 0 saturated carbocycles. The lowest BCUT2D eigenvalue weighted by molar-refractivity contribution is 1.19. The number of pyridine rings is 1. The van der Waals surface area contributed by atoms with E-state index in [9.17, 15) is 0 Å². The average Bonchev–Trinajstić information content (AvgIpc) is 3.20. The molecule has 5 nitrogen and oxygen atoms in total. The summed E-state index contributed by atoms with van der Waals surface area (Å²) in [6, 6.07) is 20.2. The predicted octanol–water partition coefficient (Wildman–Crippen LogP) is 5.35. The highest BCUT2D eigenvalue weighted by molar-refractivity contribution is 7.17. The molecule has 1 N–H and O–H groups in total. The van der Waals surface area contributed by atoms with Crippen molar-refractivity contribution in [1.29, 1.82) is 0 Å². The first-order valence-electron chi connectivity index (χ1n) is 8.80. The van der Waals surface area contributed by atoms with E-state index in [1.807, 2.05) is 48.5 Å². The molecule has 0 saturated heterocycles. The van der Waals surface area contributed by atoms with Gasteiger partial charge in [-0.05, 0) is 17.7 Å². The van der Waals surface area contributed by atoms with Gasteiger partial charge in [0, 0.05) is 28.1 Å². The number of benzene rings is 2. The minimum Gasteiger partial charge on any atom is -0.261 e. The molecule has 0 atom stereocenters. The molecule has 3 aromatic heterocycles. The van der Waals surface area contributed by atoms with E-state index < -0.39 is 0 Å². The number of hydrogen-bond donors (Lipinski definition) is 1. The van der Waals surface area contributed by atoms with Gasteiger partial charge in [-0.1, -0.05) is 48.5 Å². The maximum atomic E-state index is 4.44. The number of aromatic nitrogens is 3. The topological polar surface area (TPSA) is 63.1 Å². The molecule has 0 aliphatic rings. The lowest BCUT2D eigenvalue weighted by atomic mass is 10.1. The Balaban J connectivity index is 1.52. The van der Waals surface area contributed by atoms with Crippen molar-refractivity contribution >= 4 is 44.5 Å². The maximum absolute atomic E-state index is 4.44. The summed E-state index contributed by atoms with van der Waals surface area (Å²) in [4.78, 5) is 14.1. The highest BCUT2D eigenvalue weighted by atomic mass is 32.1. The van der Waals surface area contributed by atoms with E-state index in [1.165, 1.54) is 0 Å². The molecular weight excluding hydrogens is 366 g/mol. The average molecular weight is 381 g/mol. The fourth-order valence-corrected chi connectivity index (χ4v) is 4.10. The third-order valence-electron chi connectivity index (χ3n) is 4.51. The van der Waals surface area contributed by atoms with Gasteiger partial charge in [0.2, 0.25) is 0 Å². The molecule has 0 spiro atoms. The van der Waals surface area contributed by atoms with Crippen molar-refractivity contribution in [2.45, 2.75) is 0 Å². The molecular formula is C22H15N5S. The van der Waals surface area contributed by atoms with E-state index in [4.69, 9.17) is 0 Å². The second-order valence-electron chi connectivity index (χ2n) is 6.21. The number of hydrogen-bond acceptors (Lipinski definition) is 6. The van der Waals surface area contributed by atoms with E-state index in [0.717, 1.165) is 37.8 Å². The SMILES string of the molecule is C(=N\Nc1ncnc2scc(-c3ccccc3)c12)/c1ccnc2ccccc12. The third-order valence-corrected chi connectivity index (χ3v) is 5.40. The first-order chi connectivity index (χ1) is 13.9. The Morgan fingerprint density at radius 1 is 0.893 bits per heavy atom. The van der Waals surface area contributed by atoms with E-state index in [-0.39, 0.29) is 0 Å². The molecule has 6 heteroatoms. The van der Waals surface area contributed by atoms with Crippen LogP contribution in [-0.2, 0) is 0 Å². The lowest BCUT2D eigenvalue weighted by Gasteiger charge is -2.05. The van der Waals surface area contributed by atoms with E-state index in [2.05, 4.69) is 43.0 Å². The Hall–Kier alpha value is -3.64. The molecule has 0 amide bonds. The van der Waals surface area contributed by atoms with Crippen molar-refractivity contribution in [3.05, 3.63) is 84.1 Å². The zero-order chi connectivity index (χ0) is 18.8. The third kappa shape index (κ3) is 3.00. The maximum Gasteiger partial charge on any atom is 0.159 e. The summed E-state index contributed by atoms with van der Waals surface area (Å²) in [6.45, 7) is 0. The van der Waals surface area contributed by atoms with Crippen LogP contribution >= 0.6 is 11.3 Å². The summed E-state index contributed by atoms with van der Waals surface area (Å²) < 4.78 is 0. The van der Waals surface area contributed by atoms with Crippen LogP contribution in [0.4, 0.5) is 5.82 Å². The molecule has 0 aliphatic heterocycles. The van der Waals surface area contributed by atoms with Gasteiger partial charge < -0.3 is 0 Å². The highest BCUT2D eigenvalue weighted by Crippen LogP contribution is 2.36. The molecule has 0 bridgehead atoms. The molecule has 28 heavy (non-hydrogen) atoms. The second kappa shape index (κ2) is 7.17. The van der Waals surface area contributed by atoms with Gasteiger partial charge in [-0.3, -0.25) is 10.4 Å². The fourth-order valence-electron chi connectivity index (χ4n) is 3.18. The van der Waals surface area contributed by atoms with Gasteiger partial charge in [-0.2, -0.15) is 5.10 Å². The van der Waals surface area contributed by atoms with Crippen molar-refractivity contribution in [3.8, 4) is 11.1 Å². The van der Waals surface area contributed by atoms with Gasteiger partial charge in [0.15, 0.2) is 5.82 Å². The minimum atomic E-state index is 0.694. The van der Waals surface area contributed by atoms with Crippen molar-refractivity contribution in [3.63, 3.8) is 0 Å². The summed E-state index contributed by atoms with van der Waals surface area (Å²) in [5, 5.41) is 8.59. The van der Waals surface area contributed by atoms with Gasteiger partial charge >= 0.3 is 0 Å². The Kier molecular flexibility index (Phi) is 4.23. The largest absolute Gasteiger partial charge is 0.261 e. The van der Waals surface area contributed by atoms with Crippen LogP contribution in [0.3, 0.4) is 0 Å². The quantitative estimate of drug-likeness (QED) is 0.337. The Bertz CT molecular complexity index is 1290. The summed E-state index contributed by atoms with van der Waals surface area (Å²) >= 11 is 1.60. The van der Waals surface area contributed by atoms with Gasteiger partial charge in [-0.15, -0.1) is 11.3 Å². The Morgan fingerprint density at radius 3 is 2.68 bits per heavy atom. The van der Waals surface area contributed by atoms with E-state index >= 15 is 0 Å². The van der Waals surface area contributed by atoms with E-state index in [1.54, 1.807) is 30.1 Å². The summed E-state index contributed by atoms with van der Waals surface area (Å²) in [7, 11) is 0. The summed E-state index contributed by atoms with van der Waals surface area (Å²) in [5.41, 5.74) is 7.28. The Morgan fingerprint density at radius 2 is 1.75 bits per heavy atom. The van der Waals surface area contributed by atoms with Gasteiger partial charge in [0.25, 0.3) is 0 Å². The molecule has 134 valence electrons. The highest BCUT2D eigenvalue weighted by Gasteiger charge is 2.12. The summed E-state index contributed by atoms with van der Waals surface area (Å²) in [6.07, 6.45) is 5.15. The van der Waals surface area contributed by atoms with Crippen LogP contribution in [0.1, 0.15) is 5.56 Å². The van der Waals surface area contributed by atoms with Crippen LogP contribution in [0.2, 0.25) is 0 Å². The van der Waals surface area contributed by atoms with E-state index in [0.29, 0.717) is 5.82 Å². The first-order valence-corrected chi connectivity index (χ1v) is 9.68.